The maximum atomic E-state index is 12.0. The summed E-state index contributed by atoms with van der Waals surface area (Å²) in [5.74, 6) is -1.19. The van der Waals surface area contributed by atoms with Crippen LogP contribution in [0.1, 0.15) is 24.4 Å². The molecular formula is C13H14N2O4. The van der Waals surface area contributed by atoms with E-state index in [0.717, 1.165) is 12.8 Å². The zero-order chi connectivity index (χ0) is 13.4. The van der Waals surface area contributed by atoms with E-state index < -0.39 is 18.1 Å². The average Bonchev–Trinajstić information content (AvgIpc) is 3.23. The number of hydrogen-bond acceptors (Lipinski definition) is 4. The number of amides is 1. The van der Waals surface area contributed by atoms with E-state index >= 15 is 0 Å². The van der Waals surface area contributed by atoms with Crippen LogP contribution in [0.2, 0.25) is 0 Å². The van der Waals surface area contributed by atoms with Crippen LogP contribution >= 0.6 is 0 Å². The van der Waals surface area contributed by atoms with Crippen molar-refractivity contribution in [1.29, 1.82) is 0 Å². The third-order valence-corrected chi connectivity index (χ3v) is 3.47. The Hall–Kier alpha value is -1.95. The predicted molar refractivity (Wildman–Crippen MR) is 64.2 cm³/mol. The number of pyridine rings is 1. The highest BCUT2D eigenvalue weighted by molar-refractivity contribution is 5.83. The average molecular weight is 262 g/mol. The highest BCUT2D eigenvalue weighted by Crippen LogP contribution is 2.39. The Balaban J connectivity index is 2.00. The molecule has 2 heterocycles. The summed E-state index contributed by atoms with van der Waals surface area (Å²) in [4.78, 5) is 29.0. The van der Waals surface area contributed by atoms with E-state index in [0.29, 0.717) is 5.56 Å². The van der Waals surface area contributed by atoms with Crippen molar-refractivity contribution >= 4 is 11.9 Å². The molecule has 0 radical (unpaired) electrons. The second-order valence-corrected chi connectivity index (χ2v) is 4.83. The van der Waals surface area contributed by atoms with E-state index in [2.05, 4.69) is 4.98 Å². The van der Waals surface area contributed by atoms with Gasteiger partial charge < -0.3 is 14.7 Å². The van der Waals surface area contributed by atoms with E-state index in [1.807, 2.05) is 0 Å². The minimum Gasteiger partial charge on any atom is -0.479 e. The molecule has 100 valence electrons. The van der Waals surface area contributed by atoms with Crippen molar-refractivity contribution in [2.75, 3.05) is 6.61 Å². The second kappa shape index (κ2) is 4.62. The van der Waals surface area contributed by atoms with Crippen molar-refractivity contribution in [3.8, 4) is 0 Å². The first kappa shape index (κ1) is 12.1. The number of aromatic nitrogens is 1. The topological polar surface area (TPSA) is 79.7 Å². The minimum absolute atomic E-state index is 0.142. The Bertz CT molecular complexity index is 501. The summed E-state index contributed by atoms with van der Waals surface area (Å²) < 4.78 is 5.21. The van der Waals surface area contributed by atoms with E-state index in [1.165, 1.54) is 0 Å². The summed E-state index contributed by atoms with van der Waals surface area (Å²) >= 11 is 0. The highest BCUT2D eigenvalue weighted by atomic mass is 16.5. The molecule has 19 heavy (non-hydrogen) atoms. The molecule has 2 atom stereocenters. The Kier molecular flexibility index (Phi) is 2.94. The van der Waals surface area contributed by atoms with Crippen LogP contribution in [0.4, 0.5) is 0 Å². The van der Waals surface area contributed by atoms with Gasteiger partial charge in [0.15, 0.2) is 6.10 Å². The maximum absolute atomic E-state index is 12.0. The van der Waals surface area contributed by atoms with Gasteiger partial charge >= 0.3 is 5.97 Å². The molecule has 1 aromatic rings. The number of carbonyl (C=O) groups excluding carboxylic acids is 1. The van der Waals surface area contributed by atoms with Gasteiger partial charge in [-0.25, -0.2) is 4.79 Å². The number of hydrogen-bond donors (Lipinski definition) is 1. The molecule has 1 saturated heterocycles. The van der Waals surface area contributed by atoms with Crippen molar-refractivity contribution in [1.82, 2.24) is 9.88 Å². The largest absolute Gasteiger partial charge is 0.479 e. The molecule has 0 spiro atoms. The minimum atomic E-state index is -1.05. The van der Waals surface area contributed by atoms with E-state index in [9.17, 15) is 14.7 Å². The van der Waals surface area contributed by atoms with Gasteiger partial charge in [-0.15, -0.1) is 0 Å². The normalized spacial score (nSPS) is 27.4. The lowest BCUT2D eigenvalue weighted by Gasteiger charge is -2.39. The molecule has 1 saturated carbocycles. The van der Waals surface area contributed by atoms with Crippen LogP contribution in [0, 0.1) is 0 Å². The summed E-state index contributed by atoms with van der Waals surface area (Å²) in [6.45, 7) is -0.162. The van der Waals surface area contributed by atoms with Crippen molar-refractivity contribution in [3.63, 3.8) is 0 Å². The molecular weight excluding hydrogens is 248 g/mol. The Labute approximate surface area is 110 Å². The number of ether oxygens (including phenoxy) is 1. The summed E-state index contributed by atoms with van der Waals surface area (Å²) in [5.41, 5.74) is 0.704. The van der Waals surface area contributed by atoms with Crippen LogP contribution < -0.4 is 0 Å². The number of carboxylic acid groups (broad SMARTS) is 1. The second-order valence-electron chi connectivity index (χ2n) is 4.83. The maximum Gasteiger partial charge on any atom is 0.335 e. The number of carboxylic acids is 1. The molecule has 1 aromatic heterocycles. The summed E-state index contributed by atoms with van der Waals surface area (Å²) in [6, 6.07) is 3.08. The first-order chi connectivity index (χ1) is 9.18. The number of rotatable bonds is 3. The van der Waals surface area contributed by atoms with Crippen LogP contribution in [-0.2, 0) is 14.3 Å². The van der Waals surface area contributed by atoms with Crippen LogP contribution in [-0.4, -0.2) is 45.6 Å². The Morgan fingerprint density at radius 3 is 2.84 bits per heavy atom. The molecule has 1 aliphatic heterocycles. The first-order valence-electron chi connectivity index (χ1n) is 6.24. The molecule has 2 fully saturated rings. The molecule has 1 aliphatic carbocycles. The summed E-state index contributed by atoms with van der Waals surface area (Å²) in [5, 5.41) is 9.29. The molecule has 6 heteroatoms. The molecule has 1 amide bonds. The fourth-order valence-electron chi connectivity index (χ4n) is 2.50. The summed E-state index contributed by atoms with van der Waals surface area (Å²) in [7, 11) is 0. The lowest BCUT2D eigenvalue weighted by atomic mass is 9.99. The smallest absolute Gasteiger partial charge is 0.335 e. The van der Waals surface area contributed by atoms with Gasteiger partial charge in [-0.05, 0) is 24.5 Å². The van der Waals surface area contributed by atoms with Crippen molar-refractivity contribution < 1.29 is 19.4 Å². The Morgan fingerprint density at radius 1 is 1.47 bits per heavy atom. The lowest BCUT2D eigenvalue weighted by molar-refractivity contribution is -0.174. The van der Waals surface area contributed by atoms with Gasteiger partial charge in [-0.1, -0.05) is 6.07 Å². The number of morpholine rings is 1. The van der Waals surface area contributed by atoms with Crippen LogP contribution in [0.25, 0.3) is 0 Å². The van der Waals surface area contributed by atoms with Crippen molar-refractivity contribution in [2.45, 2.75) is 31.0 Å². The summed E-state index contributed by atoms with van der Waals surface area (Å²) in [6.07, 6.45) is 4.04. The monoisotopic (exact) mass is 262 g/mol. The van der Waals surface area contributed by atoms with Gasteiger partial charge in [0.05, 0.1) is 6.04 Å². The molecule has 6 nitrogen and oxygen atoms in total. The fourth-order valence-corrected chi connectivity index (χ4v) is 2.50. The van der Waals surface area contributed by atoms with Gasteiger partial charge in [0.25, 0.3) is 0 Å². The number of carbonyl (C=O) groups is 2. The standard InChI is InChI=1S/C13H14N2O4/c16-10-7-19-12(13(17)18)11(15(10)9-3-4-9)8-2-1-5-14-6-8/h1-2,5-6,9,11-12H,3-4,7H2,(H,17,18). The van der Waals surface area contributed by atoms with E-state index in [-0.39, 0.29) is 18.6 Å². The number of nitrogens with zero attached hydrogens (tertiary/aromatic N) is 2. The molecule has 3 rings (SSSR count). The molecule has 1 N–H and O–H groups in total. The SMILES string of the molecule is O=C(O)C1OCC(=O)N(C2CC2)C1c1cccnc1. The zero-order valence-electron chi connectivity index (χ0n) is 10.2. The van der Waals surface area contributed by atoms with Crippen LogP contribution in [0.15, 0.2) is 24.5 Å². The van der Waals surface area contributed by atoms with E-state index in [1.54, 1.807) is 29.4 Å². The molecule has 0 aromatic carbocycles. The van der Waals surface area contributed by atoms with Crippen LogP contribution in [0.5, 0.6) is 0 Å². The van der Waals surface area contributed by atoms with Gasteiger partial charge in [0.1, 0.15) is 6.61 Å². The predicted octanol–water partition coefficient (Wildman–Crippen LogP) is 0.597. The quantitative estimate of drug-likeness (QED) is 0.862. The molecule has 2 unspecified atom stereocenters. The number of aliphatic carboxylic acids is 1. The zero-order valence-corrected chi connectivity index (χ0v) is 10.2. The van der Waals surface area contributed by atoms with Gasteiger partial charge in [0.2, 0.25) is 5.91 Å². The van der Waals surface area contributed by atoms with Crippen LogP contribution in [0.3, 0.4) is 0 Å². The third-order valence-electron chi connectivity index (χ3n) is 3.47. The third kappa shape index (κ3) is 2.19. The lowest BCUT2D eigenvalue weighted by Crippen LogP contribution is -2.52. The fraction of sp³-hybridized carbons (Fsp3) is 0.462. The van der Waals surface area contributed by atoms with Gasteiger partial charge in [0, 0.05) is 18.4 Å². The first-order valence-corrected chi connectivity index (χ1v) is 6.24. The van der Waals surface area contributed by atoms with Gasteiger partial charge in [-0.2, -0.15) is 0 Å². The highest BCUT2D eigenvalue weighted by Gasteiger charge is 2.47. The van der Waals surface area contributed by atoms with Gasteiger partial charge in [-0.3, -0.25) is 9.78 Å². The molecule has 2 aliphatic rings. The van der Waals surface area contributed by atoms with Crippen molar-refractivity contribution in [2.24, 2.45) is 0 Å². The molecule has 0 bridgehead atoms. The Morgan fingerprint density at radius 2 is 2.26 bits per heavy atom. The van der Waals surface area contributed by atoms with E-state index in [4.69, 9.17) is 4.74 Å². The van der Waals surface area contributed by atoms with Crippen molar-refractivity contribution in [3.05, 3.63) is 30.1 Å².